The van der Waals surface area contributed by atoms with E-state index in [-0.39, 0.29) is 12.1 Å². The van der Waals surface area contributed by atoms with E-state index < -0.39 is 0 Å². The molecule has 0 spiro atoms. The van der Waals surface area contributed by atoms with Gasteiger partial charge in [0.05, 0.1) is 12.1 Å². The van der Waals surface area contributed by atoms with Crippen molar-refractivity contribution in [1.29, 1.82) is 0 Å². The Morgan fingerprint density at radius 1 is 1.38 bits per heavy atom. The summed E-state index contributed by atoms with van der Waals surface area (Å²) in [6.07, 6.45) is 2.74. The standard InChI is InChI=1S/C16H22N4O/c1-2-13(21)11-20-10-6-9-14(20)16-17-15(18-19-16)12-7-4-3-5-8-12/h3-5,7-8,13-14,21H,2,6,9-11H2,1H3,(H,17,18,19)/t13-,14?/m1/s1. The van der Waals surface area contributed by atoms with Crippen LogP contribution in [0.15, 0.2) is 30.3 Å². The predicted octanol–water partition coefficient (Wildman–Crippen LogP) is 2.38. The molecule has 2 aromatic rings. The number of likely N-dealkylation sites (tertiary alicyclic amines) is 1. The molecule has 1 aromatic heterocycles. The van der Waals surface area contributed by atoms with E-state index in [0.717, 1.165) is 43.0 Å². The quantitative estimate of drug-likeness (QED) is 0.885. The number of aromatic amines is 1. The lowest BCUT2D eigenvalue weighted by Crippen LogP contribution is -2.32. The first-order valence-corrected chi connectivity index (χ1v) is 7.67. The van der Waals surface area contributed by atoms with Crippen LogP contribution in [0.2, 0.25) is 0 Å². The number of aromatic nitrogens is 3. The van der Waals surface area contributed by atoms with Gasteiger partial charge in [0.2, 0.25) is 0 Å². The van der Waals surface area contributed by atoms with Crippen molar-refractivity contribution in [3.63, 3.8) is 0 Å². The van der Waals surface area contributed by atoms with Gasteiger partial charge in [0.15, 0.2) is 5.82 Å². The van der Waals surface area contributed by atoms with Crippen LogP contribution in [-0.4, -0.2) is 44.4 Å². The smallest absolute Gasteiger partial charge is 0.181 e. The van der Waals surface area contributed by atoms with Gasteiger partial charge in [-0.15, -0.1) is 0 Å². The van der Waals surface area contributed by atoms with Crippen molar-refractivity contribution < 1.29 is 5.11 Å². The van der Waals surface area contributed by atoms with Gasteiger partial charge < -0.3 is 5.11 Å². The Morgan fingerprint density at radius 3 is 2.95 bits per heavy atom. The molecule has 1 aromatic carbocycles. The molecule has 5 heteroatoms. The molecule has 0 radical (unpaired) electrons. The SMILES string of the molecule is CC[C@@H](O)CN1CCCC1c1nc(-c2ccccc2)n[nH]1. The van der Waals surface area contributed by atoms with Crippen LogP contribution in [0.4, 0.5) is 0 Å². The molecule has 0 amide bonds. The van der Waals surface area contributed by atoms with Crippen LogP contribution in [0.5, 0.6) is 0 Å². The summed E-state index contributed by atoms with van der Waals surface area (Å²) in [4.78, 5) is 6.96. The fourth-order valence-electron chi connectivity index (χ4n) is 2.89. The van der Waals surface area contributed by atoms with Crippen molar-refractivity contribution in [3.8, 4) is 11.4 Å². The van der Waals surface area contributed by atoms with Crippen LogP contribution in [0, 0.1) is 0 Å². The summed E-state index contributed by atoms with van der Waals surface area (Å²) < 4.78 is 0. The van der Waals surface area contributed by atoms with Crippen LogP contribution in [-0.2, 0) is 0 Å². The van der Waals surface area contributed by atoms with Crippen molar-refractivity contribution >= 4 is 0 Å². The number of hydrogen-bond donors (Lipinski definition) is 2. The Labute approximate surface area is 125 Å². The topological polar surface area (TPSA) is 65.0 Å². The highest BCUT2D eigenvalue weighted by molar-refractivity contribution is 5.53. The summed E-state index contributed by atoms with van der Waals surface area (Å²) in [5, 5.41) is 17.3. The van der Waals surface area contributed by atoms with Crippen LogP contribution in [0.1, 0.15) is 38.1 Å². The maximum atomic E-state index is 9.88. The molecular formula is C16H22N4O. The van der Waals surface area contributed by atoms with Gasteiger partial charge in [0, 0.05) is 12.1 Å². The zero-order chi connectivity index (χ0) is 14.7. The molecule has 1 saturated heterocycles. The van der Waals surface area contributed by atoms with Gasteiger partial charge in [0.1, 0.15) is 5.82 Å². The number of H-pyrrole nitrogens is 1. The third kappa shape index (κ3) is 3.14. The van der Waals surface area contributed by atoms with E-state index in [1.54, 1.807) is 0 Å². The normalized spacial score (nSPS) is 20.8. The Balaban J connectivity index is 1.76. The lowest BCUT2D eigenvalue weighted by Gasteiger charge is -2.24. The van der Waals surface area contributed by atoms with Crippen molar-refractivity contribution in [3.05, 3.63) is 36.2 Å². The summed E-state index contributed by atoms with van der Waals surface area (Å²) in [5.41, 5.74) is 1.03. The van der Waals surface area contributed by atoms with Crippen molar-refractivity contribution in [2.24, 2.45) is 0 Å². The lowest BCUT2D eigenvalue weighted by molar-refractivity contribution is 0.101. The highest BCUT2D eigenvalue weighted by Crippen LogP contribution is 2.30. The minimum absolute atomic E-state index is 0.246. The number of nitrogens with zero attached hydrogens (tertiary/aromatic N) is 3. The number of rotatable bonds is 5. The van der Waals surface area contributed by atoms with Gasteiger partial charge >= 0.3 is 0 Å². The van der Waals surface area contributed by atoms with E-state index in [4.69, 9.17) is 0 Å². The first-order chi connectivity index (χ1) is 10.3. The molecule has 1 fully saturated rings. The van der Waals surface area contributed by atoms with E-state index in [1.807, 2.05) is 37.3 Å². The van der Waals surface area contributed by atoms with Gasteiger partial charge in [-0.2, -0.15) is 5.10 Å². The van der Waals surface area contributed by atoms with Gasteiger partial charge in [-0.05, 0) is 25.8 Å². The number of aliphatic hydroxyl groups excluding tert-OH is 1. The fraction of sp³-hybridized carbons (Fsp3) is 0.500. The number of nitrogens with one attached hydrogen (secondary N) is 1. The Bertz CT molecular complexity index is 569. The van der Waals surface area contributed by atoms with Gasteiger partial charge in [-0.3, -0.25) is 10.00 Å². The number of hydrogen-bond acceptors (Lipinski definition) is 4. The Hall–Kier alpha value is -1.72. The zero-order valence-electron chi connectivity index (χ0n) is 12.4. The fourth-order valence-corrected chi connectivity index (χ4v) is 2.89. The predicted molar refractivity (Wildman–Crippen MR) is 81.7 cm³/mol. The van der Waals surface area contributed by atoms with E-state index in [9.17, 15) is 5.11 Å². The second kappa shape index (κ2) is 6.37. The first kappa shape index (κ1) is 14.2. The summed E-state index contributed by atoms with van der Waals surface area (Å²) in [5.74, 6) is 1.66. The maximum absolute atomic E-state index is 9.88. The molecule has 2 atom stereocenters. The molecule has 0 aliphatic carbocycles. The number of benzene rings is 1. The molecule has 2 heterocycles. The largest absolute Gasteiger partial charge is 0.392 e. The minimum Gasteiger partial charge on any atom is -0.392 e. The van der Waals surface area contributed by atoms with Crippen LogP contribution in [0.3, 0.4) is 0 Å². The molecule has 21 heavy (non-hydrogen) atoms. The molecule has 5 nitrogen and oxygen atoms in total. The van der Waals surface area contributed by atoms with E-state index in [2.05, 4.69) is 20.1 Å². The molecule has 1 unspecified atom stereocenters. The third-order valence-electron chi connectivity index (χ3n) is 4.13. The van der Waals surface area contributed by atoms with Gasteiger partial charge in [-0.25, -0.2) is 4.98 Å². The zero-order valence-corrected chi connectivity index (χ0v) is 12.4. The Kier molecular flexibility index (Phi) is 4.31. The van der Waals surface area contributed by atoms with Crippen LogP contribution >= 0.6 is 0 Å². The molecule has 1 aliphatic rings. The van der Waals surface area contributed by atoms with Crippen molar-refractivity contribution in [2.45, 2.75) is 38.3 Å². The molecule has 0 saturated carbocycles. The van der Waals surface area contributed by atoms with E-state index >= 15 is 0 Å². The van der Waals surface area contributed by atoms with Gasteiger partial charge in [-0.1, -0.05) is 37.3 Å². The average molecular weight is 286 g/mol. The van der Waals surface area contributed by atoms with Crippen LogP contribution < -0.4 is 0 Å². The molecule has 0 bridgehead atoms. The highest BCUT2D eigenvalue weighted by Gasteiger charge is 2.29. The summed E-state index contributed by atoms with van der Waals surface area (Å²) >= 11 is 0. The molecule has 112 valence electrons. The van der Waals surface area contributed by atoms with Gasteiger partial charge in [0.25, 0.3) is 0 Å². The molecule has 1 aliphatic heterocycles. The average Bonchev–Trinajstić information content (AvgIpc) is 3.16. The molecular weight excluding hydrogens is 264 g/mol. The van der Waals surface area contributed by atoms with Crippen molar-refractivity contribution in [1.82, 2.24) is 20.1 Å². The van der Waals surface area contributed by atoms with Crippen LogP contribution in [0.25, 0.3) is 11.4 Å². The summed E-state index contributed by atoms with van der Waals surface area (Å²) in [6, 6.07) is 10.2. The summed E-state index contributed by atoms with van der Waals surface area (Å²) in [6.45, 7) is 3.74. The first-order valence-electron chi connectivity index (χ1n) is 7.67. The summed E-state index contributed by atoms with van der Waals surface area (Å²) in [7, 11) is 0. The van der Waals surface area contributed by atoms with Crippen molar-refractivity contribution in [2.75, 3.05) is 13.1 Å². The second-order valence-electron chi connectivity index (χ2n) is 5.63. The third-order valence-corrected chi connectivity index (χ3v) is 4.13. The second-order valence-corrected chi connectivity index (χ2v) is 5.63. The highest BCUT2D eigenvalue weighted by atomic mass is 16.3. The number of β-amino-alcohol motifs (C(OH)–C–C–N with tert-alkyl or cyclic N) is 1. The van der Waals surface area contributed by atoms with E-state index in [0.29, 0.717) is 6.54 Å². The van der Waals surface area contributed by atoms with E-state index in [1.165, 1.54) is 0 Å². The monoisotopic (exact) mass is 286 g/mol. The lowest BCUT2D eigenvalue weighted by atomic mass is 10.2. The molecule has 3 rings (SSSR count). The number of aliphatic hydroxyl groups is 1. The maximum Gasteiger partial charge on any atom is 0.181 e. The molecule has 2 N–H and O–H groups in total. The minimum atomic E-state index is -0.262. The Morgan fingerprint density at radius 2 is 2.19 bits per heavy atom.